The van der Waals surface area contributed by atoms with Crippen molar-refractivity contribution < 1.29 is 28.4 Å². The molecule has 3 atom stereocenters. The van der Waals surface area contributed by atoms with Gasteiger partial charge in [-0.1, -0.05) is 33.4 Å². The molecule has 0 amide bonds. The zero-order chi connectivity index (χ0) is 15.0. The first-order valence-corrected chi connectivity index (χ1v) is 8.58. The van der Waals surface area contributed by atoms with Crippen molar-refractivity contribution >= 4 is 41.4 Å². The van der Waals surface area contributed by atoms with Gasteiger partial charge in [0.1, 0.15) is 0 Å². The summed E-state index contributed by atoms with van der Waals surface area (Å²) in [5.41, 5.74) is 0. The van der Waals surface area contributed by atoms with Crippen LogP contribution in [0.2, 0.25) is 0 Å². The van der Waals surface area contributed by atoms with Crippen LogP contribution in [0.3, 0.4) is 0 Å². The van der Waals surface area contributed by atoms with E-state index in [2.05, 4.69) is 19.7 Å². The quantitative estimate of drug-likeness (QED) is 0.393. The van der Waals surface area contributed by atoms with E-state index in [-0.39, 0.29) is 35.8 Å². The average molecular weight is 339 g/mol. The fourth-order valence-electron chi connectivity index (χ4n) is 0.316. The number of rotatable bonds is 6. The van der Waals surface area contributed by atoms with Gasteiger partial charge in [-0.2, -0.15) is 0 Å². The molecule has 0 saturated heterocycles. The van der Waals surface area contributed by atoms with E-state index in [1.165, 1.54) is 18.2 Å². The van der Waals surface area contributed by atoms with Gasteiger partial charge in [-0.3, -0.25) is 0 Å². The Kier molecular flexibility index (Phi) is 33.1. The summed E-state index contributed by atoms with van der Waals surface area (Å²) < 4.78 is 28.7. The van der Waals surface area contributed by atoms with Gasteiger partial charge >= 0.3 is 41.4 Å². The summed E-state index contributed by atoms with van der Waals surface area (Å²) in [6.07, 6.45) is 4.34. The Morgan fingerprint density at radius 3 is 0.842 bits per heavy atom. The Balaban J connectivity index is -0.0000000865. The third kappa shape index (κ3) is 57.1. The van der Waals surface area contributed by atoms with Crippen LogP contribution in [0, 0.1) is 0 Å². The van der Waals surface area contributed by atoms with E-state index in [9.17, 15) is 28.4 Å². The SMILES string of the molecule is C=CC[P+](=O)[O-].C=CC[P+](=O)[O-].C=CC[P+](=O)[O-].[Al+3]. The van der Waals surface area contributed by atoms with E-state index in [0.717, 1.165) is 0 Å². The molecule has 0 heterocycles. The molecule has 0 aromatic rings. The predicted molar refractivity (Wildman–Crippen MR) is 73.8 cm³/mol. The summed E-state index contributed by atoms with van der Waals surface area (Å²) in [5.74, 6) is 0. The monoisotopic (exact) mass is 339 g/mol. The van der Waals surface area contributed by atoms with Crippen LogP contribution in [0.4, 0.5) is 0 Å². The van der Waals surface area contributed by atoms with Crippen LogP contribution in [0.1, 0.15) is 0 Å². The zero-order valence-electron chi connectivity index (χ0n) is 10.3. The van der Waals surface area contributed by atoms with E-state index in [0.29, 0.717) is 0 Å². The second-order valence-corrected chi connectivity index (χ2v) is 5.50. The average Bonchev–Trinajstić information content (AvgIpc) is 2.18. The van der Waals surface area contributed by atoms with Gasteiger partial charge < -0.3 is 14.7 Å². The maximum absolute atomic E-state index is 9.57. The van der Waals surface area contributed by atoms with Gasteiger partial charge in [-0.15, -0.1) is 0 Å². The molecular weight excluding hydrogens is 324 g/mol. The molecule has 0 aliphatic heterocycles. The molecular formula is C9H15AlO6P3+3. The van der Waals surface area contributed by atoms with Crippen LogP contribution in [0.5, 0.6) is 0 Å². The van der Waals surface area contributed by atoms with Crippen molar-refractivity contribution in [2.24, 2.45) is 0 Å². The standard InChI is InChI=1S/3C3H5O2P.Al/c3*1-2-3-6(4)5;/h3*2H,1,3H2;/q;;;+3. The Morgan fingerprint density at radius 2 is 0.842 bits per heavy atom. The maximum Gasteiger partial charge on any atom is 3.00 e. The molecule has 0 fully saturated rings. The molecule has 0 aromatic heterocycles. The molecule has 3 unspecified atom stereocenters. The molecule has 10 heteroatoms. The van der Waals surface area contributed by atoms with E-state index >= 15 is 0 Å². The first-order chi connectivity index (χ1) is 8.31. The van der Waals surface area contributed by atoms with E-state index in [4.69, 9.17) is 0 Å². The molecule has 6 nitrogen and oxygen atoms in total. The van der Waals surface area contributed by atoms with E-state index in [1.807, 2.05) is 0 Å². The van der Waals surface area contributed by atoms with Crippen LogP contribution in [-0.4, -0.2) is 35.8 Å². The third-order valence-electron chi connectivity index (χ3n) is 0.835. The summed E-state index contributed by atoms with van der Waals surface area (Å²) in [7, 11) is -6.66. The minimum atomic E-state index is -2.22. The summed E-state index contributed by atoms with van der Waals surface area (Å²) in [4.78, 5) is 28.7. The van der Waals surface area contributed by atoms with Crippen molar-refractivity contribution in [3.63, 3.8) is 0 Å². The van der Waals surface area contributed by atoms with Crippen LogP contribution >= 0.6 is 24.1 Å². The Morgan fingerprint density at radius 1 is 0.684 bits per heavy atom. The van der Waals surface area contributed by atoms with E-state index < -0.39 is 24.1 Å². The largest absolute Gasteiger partial charge is 3.00 e. The van der Waals surface area contributed by atoms with Crippen molar-refractivity contribution in [3.05, 3.63) is 38.0 Å². The second-order valence-electron chi connectivity index (χ2n) is 2.41. The Hall–Kier alpha value is -0.0675. The molecule has 0 aliphatic rings. The van der Waals surface area contributed by atoms with Gasteiger partial charge in [-0.25, -0.2) is 0 Å². The smallest absolute Gasteiger partial charge is 0.595 e. The molecule has 0 bridgehead atoms. The summed E-state index contributed by atoms with van der Waals surface area (Å²) in [6.45, 7) is 9.65. The molecule has 19 heavy (non-hydrogen) atoms. The molecule has 102 valence electrons. The fraction of sp³-hybridized carbons (Fsp3) is 0.333. The molecule has 0 radical (unpaired) electrons. The summed E-state index contributed by atoms with van der Waals surface area (Å²) in [5, 5.41) is 0. The van der Waals surface area contributed by atoms with Crippen LogP contribution in [0.25, 0.3) is 0 Å². The minimum absolute atomic E-state index is 0. The van der Waals surface area contributed by atoms with Crippen LogP contribution < -0.4 is 14.7 Å². The first-order valence-electron chi connectivity index (χ1n) is 4.49. The first kappa shape index (κ1) is 27.3. The second kappa shape index (κ2) is 23.1. The van der Waals surface area contributed by atoms with Crippen molar-refractivity contribution in [1.82, 2.24) is 0 Å². The van der Waals surface area contributed by atoms with E-state index in [1.54, 1.807) is 0 Å². The van der Waals surface area contributed by atoms with Gasteiger partial charge in [0.2, 0.25) is 0 Å². The van der Waals surface area contributed by atoms with Gasteiger partial charge in [-0.05, 0) is 18.2 Å². The number of allylic oxidation sites excluding steroid dienone is 3. The van der Waals surface area contributed by atoms with Crippen molar-refractivity contribution in [3.8, 4) is 0 Å². The fourth-order valence-corrected chi connectivity index (χ4v) is 0.949. The molecule has 0 aliphatic carbocycles. The van der Waals surface area contributed by atoms with Gasteiger partial charge in [0, 0.05) is 0 Å². The van der Waals surface area contributed by atoms with Gasteiger partial charge in [0.25, 0.3) is 0 Å². The van der Waals surface area contributed by atoms with Gasteiger partial charge in [0.05, 0.1) is 0 Å². The molecule has 0 spiro atoms. The number of hydrogen-bond acceptors (Lipinski definition) is 6. The summed E-state index contributed by atoms with van der Waals surface area (Å²) >= 11 is 0. The topological polar surface area (TPSA) is 120 Å². The molecule has 0 aromatic carbocycles. The Bertz CT molecular complexity index is 261. The molecule has 0 N–H and O–H groups in total. The minimum Gasteiger partial charge on any atom is -0.595 e. The normalized spacial score (nSPS) is 9.95. The zero-order valence-corrected chi connectivity index (χ0v) is 14.2. The maximum atomic E-state index is 9.57. The Labute approximate surface area is 126 Å². The van der Waals surface area contributed by atoms with Crippen LogP contribution in [0.15, 0.2) is 38.0 Å². The molecule has 0 saturated carbocycles. The predicted octanol–water partition coefficient (Wildman–Crippen LogP) is 0.444. The van der Waals surface area contributed by atoms with Crippen molar-refractivity contribution in [2.75, 3.05) is 18.5 Å². The molecule has 0 rings (SSSR count). The third-order valence-corrected chi connectivity index (χ3v) is 2.50. The van der Waals surface area contributed by atoms with Crippen LogP contribution in [-0.2, 0) is 13.7 Å². The van der Waals surface area contributed by atoms with Crippen molar-refractivity contribution in [1.29, 1.82) is 0 Å². The number of hydrogen-bond donors (Lipinski definition) is 0. The van der Waals surface area contributed by atoms with Gasteiger partial charge in [0.15, 0.2) is 18.5 Å². The van der Waals surface area contributed by atoms with Crippen molar-refractivity contribution in [2.45, 2.75) is 0 Å². The summed E-state index contributed by atoms with van der Waals surface area (Å²) in [6, 6.07) is 0.